The van der Waals surface area contributed by atoms with Gasteiger partial charge < -0.3 is 19.1 Å². The first-order chi connectivity index (χ1) is 11.0. The fourth-order valence-corrected chi connectivity index (χ4v) is 2.60. The molecule has 0 spiro atoms. The fraction of sp³-hybridized carbons (Fsp3) is 0.333. The molecule has 3 rings (SSSR count). The minimum absolute atomic E-state index is 0.00671. The van der Waals surface area contributed by atoms with Crippen LogP contribution >= 0.6 is 0 Å². The lowest BCUT2D eigenvalue weighted by Crippen LogP contribution is -2.30. The highest BCUT2D eigenvalue weighted by Gasteiger charge is 2.29. The van der Waals surface area contributed by atoms with E-state index in [4.69, 9.17) is 9.47 Å². The van der Waals surface area contributed by atoms with Crippen molar-refractivity contribution < 1.29 is 28.2 Å². The van der Waals surface area contributed by atoms with Crippen molar-refractivity contribution in [2.24, 2.45) is 0 Å². The third-order valence-electron chi connectivity index (χ3n) is 3.69. The van der Waals surface area contributed by atoms with Crippen LogP contribution in [0.5, 0.6) is 5.75 Å². The van der Waals surface area contributed by atoms with Crippen molar-refractivity contribution in [3.05, 3.63) is 39.7 Å². The summed E-state index contributed by atoms with van der Waals surface area (Å²) in [6, 6.07) is 0.0856. The summed E-state index contributed by atoms with van der Waals surface area (Å²) in [7, 11) is 0. The van der Waals surface area contributed by atoms with Crippen molar-refractivity contribution in [2.45, 2.75) is 13.0 Å². The van der Waals surface area contributed by atoms with Crippen molar-refractivity contribution in [1.29, 1.82) is 0 Å². The average molecular weight is 325 g/mol. The second kappa shape index (κ2) is 5.62. The zero-order chi connectivity index (χ0) is 16.7. The number of carbonyl (C=O) groups is 1. The highest BCUT2D eigenvalue weighted by molar-refractivity contribution is 5.95. The highest BCUT2D eigenvalue weighted by Crippen LogP contribution is 2.35. The summed E-state index contributed by atoms with van der Waals surface area (Å²) >= 11 is 0. The van der Waals surface area contributed by atoms with Gasteiger partial charge in [0.05, 0.1) is 30.2 Å². The number of benzene rings is 1. The van der Waals surface area contributed by atoms with Crippen molar-refractivity contribution in [1.82, 2.24) is 4.57 Å². The molecule has 2 heterocycles. The Hall–Kier alpha value is -2.48. The smallest absolute Gasteiger partial charge is 0.343 e. The summed E-state index contributed by atoms with van der Waals surface area (Å²) in [5, 5.41) is 9.23. The Labute approximate surface area is 128 Å². The zero-order valence-electron chi connectivity index (χ0n) is 12.1. The maximum absolute atomic E-state index is 13.9. The van der Waals surface area contributed by atoms with E-state index in [0.717, 1.165) is 6.07 Å². The number of rotatable bonds is 3. The normalized spacial score (nSPS) is 16.3. The monoisotopic (exact) mass is 325 g/mol. The topological polar surface area (TPSA) is 77.8 Å². The number of aliphatic hydroxyl groups is 1. The maximum atomic E-state index is 13.9. The molecule has 1 aliphatic heterocycles. The number of carbonyl (C=O) groups excluding carboxylic acids is 1. The Morgan fingerprint density at radius 3 is 2.91 bits per heavy atom. The molecule has 0 saturated heterocycles. The van der Waals surface area contributed by atoms with Crippen LogP contribution in [0.4, 0.5) is 8.78 Å². The first kappa shape index (κ1) is 15.4. The summed E-state index contributed by atoms with van der Waals surface area (Å²) in [5.74, 6) is -3.74. The second-order valence-corrected chi connectivity index (χ2v) is 5.04. The van der Waals surface area contributed by atoms with E-state index in [-0.39, 0.29) is 36.3 Å². The molecule has 0 saturated carbocycles. The SMILES string of the molecule is CCOC(=O)c1cn2c3c(c(F)c(F)cc3c1=O)OC[C@@H]2CO. The number of hydrogen-bond donors (Lipinski definition) is 1. The van der Waals surface area contributed by atoms with Crippen LogP contribution in [0.3, 0.4) is 0 Å². The summed E-state index contributed by atoms with van der Waals surface area (Å²) in [5.41, 5.74) is -1.08. The van der Waals surface area contributed by atoms with Crippen LogP contribution in [0, 0.1) is 11.6 Å². The fourth-order valence-electron chi connectivity index (χ4n) is 2.60. The number of aliphatic hydroxyl groups excluding tert-OH is 1. The van der Waals surface area contributed by atoms with Gasteiger partial charge in [0.2, 0.25) is 11.2 Å². The molecule has 6 nitrogen and oxygen atoms in total. The van der Waals surface area contributed by atoms with Gasteiger partial charge >= 0.3 is 5.97 Å². The summed E-state index contributed by atoms with van der Waals surface area (Å²) in [6.07, 6.45) is 1.19. The zero-order valence-corrected chi connectivity index (χ0v) is 12.1. The number of aromatic nitrogens is 1. The van der Waals surface area contributed by atoms with Gasteiger partial charge in [-0.3, -0.25) is 4.79 Å². The lowest BCUT2D eigenvalue weighted by Gasteiger charge is -2.28. The molecule has 122 valence electrons. The second-order valence-electron chi connectivity index (χ2n) is 5.04. The van der Waals surface area contributed by atoms with E-state index >= 15 is 0 Å². The van der Waals surface area contributed by atoms with Crippen molar-refractivity contribution in [3.8, 4) is 5.75 Å². The summed E-state index contributed by atoms with van der Waals surface area (Å²) in [6.45, 7) is 1.16. The highest BCUT2D eigenvalue weighted by atomic mass is 19.2. The van der Waals surface area contributed by atoms with Gasteiger partial charge in [-0.25, -0.2) is 9.18 Å². The van der Waals surface area contributed by atoms with Crippen LogP contribution in [0.15, 0.2) is 17.1 Å². The van der Waals surface area contributed by atoms with Crippen molar-refractivity contribution in [3.63, 3.8) is 0 Å². The molecule has 1 atom stereocenters. The molecule has 0 fully saturated rings. The van der Waals surface area contributed by atoms with E-state index < -0.39 is 34.8 Å². The molecule has 1 N–H and O–H groups in total. The minimum atomic E-state index is -1.25. The van der Waals surface area contributed by atoms with Crippen LogP contribution < -0.4 is 10.2 Å². The number of pyridine rings is 1. The van der Waals surface area contributed by atoms with Crippen LogP contribution in [0.1, 0.15) is 23.3 Å². The molecule has 2 aromatic rings. The molecule has 1 aromatic heterocycles. The maximum Gasteiger partial charge on any atom is 0.343 e. The molecule has 23 heavy (non-hydrogen) atoms. The van der Waals surface area contributed by atoms with Crippen LogP contribution in [0.25, 0.3) is 10.9 Å². The molecule has 8 heteroatoms. The number of ether oxygens (including phenoxy) is 2. The van der Waals surface area contributed by atoms with Gasteiger partial charge in [-0.05, 0) is 13.0 Å². The van der Waals surface area contributed by atoms with Crippen LogP contribution in [-0.4, -0.2) is 35.5 Å². The molecule has 0 bridgehead atoms. The Balaban J connectivity index is 2.41. The summed E-state index contributed by atoms with van der Waals surface area (Å²) < 4.78 is 39.0. The first-order valence-corrected chi connectivity index (χ1v) is 6.97. The molecule has 1 aliphatic rings. The predicted octanol–water partition coefficient (Wildman–Crippen LogP) is 1.38. The van der Waals surface area contributed by atoms with E-state index in [0.29, 0.717) is 0 Å². The lowest BCUT2D eigenvalue weighted by atomic mass is 10.1. The van der Waals surface area contributed by atoms with Crippen molar-refractivity contribution >= 4 is 16.9 Å². The van der Waals surface area contributed by atoms with E-state index in [1.54, 1.807) is 6.92 Å². The Kier molecular flexibility index (Phi) is 3.77. The Morgan fingerprint density at radius 1 is 1.52 bits per heavy atom. The third kappa shape index (κ3) is 2.26. The van der Waals surface area contributed by atoms with Crippen molar-refractivity contribution in [2.75, 3.05) is 19.8 Å². The van der Waals surface area contributed by atoms with Gasteiger partial charge in [0, 0.05) is 6.20 Å². The van der Waals surface area contributed by atoms with E-state index in [1.165, 1.54) is 10.8 Å². The molecular formula is C15H13F2NO5. The van der Waals surface area contributed by atoms with Gasteiger partial charge in [0.15, 0.2) is 11.6 Å². The van der Waals surface area contributed by atoms with E-state index in [2.05, 4.69) is 0 Å². The predicted molar refractivity (Wildman–Crippen MR) is 75.7 cm³/mol. The molecular weight excluding hydrogens is 312 g/mol. The van der Waals surface area contributed by atoms with Gasteiger partial charge in [-0.15, -0.1) is 0 Å². The number of nitrogens with zero attached hydrogens (tertiary/aromatic N) is 1. The number of halogens is 2. The van der Waals surface area contributed by atoms with Crippen LogP contribution in [0.2, 0.25) is 0 Å². The molecule has 0 unspecified atom stereocenters. The minimum Gasteiger partial charge on any atom is -0.486 e. The third-order valence-corrected chi connectivity index (χ3v) is 3.69. The van der Waals surface area contributed by atoms with Gasteiger partial charge in [-0.1, -0.05) is 0 Å². The lowest BCUT2D eigenvalue weighted by molar-refractivity contribution is 0.0523. The Morgan fingerprint density at radius 2 is 2.26 bits per heavy atom. The van der Waals surface area contributed by atoms with Gasteiger partial charge in [0.25, 0.3) is 0 Å². The van der Waals surface area contributed by atoms with E-state index in [1.807, 2.05) is 0 Å². The van der Waals surface area contributed by atoms with Crippen LogP contribution in [-0.2, 0) is 4.74 Å². The summed E-state index contributed by atoms with van der Waals surface area (Å²) in [4.78, 5) is 24.4. The van der Waals surface area contributed by atoms with Gasteiger partial charge in [0.1, 0.15) is 12.2 Å². The molecule has 1 aromatic carbocycles. The largest absolute Gasteiger partial charge is 0.486 e. The molecule has 0 radical (unpaired) electrons. The Bertz CT molecular complexity index is 861. The molecule has 0 amide bonds. The number of esters is 1. The molecule has 0 aliphatic carbocycles. The van der Waals surface area contributed by atoms with E-state index in [9.17, 15) is 23.5 Å². The van der Waals surface area contributed by atoms with Gasteiger partial charge in [-0.2, -0.15) is 4.39 Å². The average Bonchev–Trinajstić information content (AvgIpc) is 2.54. The quantitative estimate of drug-likeness (QED) is 0.863. The first-order valence-electron chi connectivity index (χ1n) is 6.97. The standard InChI is InChI=1S/C15H13F2NO5/c1-2-22-15(21)9-4-18-7(5-19)6-23-14-11(17)10(16)3-8(12(14)18)13(9)20/h3-4,7,19H,2,5-6H2,1H3/t7-/m0/s1. The number of hydrogen-bond acceptors (Lipinski definition) is 5.